The third-order valence-corrected chi connectivity index (χ3v) is 5.52. The van der Waals surface area contributed by atoms with Crippen LogP contribution in [0.15, 0.2) is 97.1 Å². The Morgan fingerprint density at radius 3 is 2.10 bits per heavy atom. The molecule has 31 heavy (non-hydrogen) atoms. The molecule has 0 radical (unpaired) electrons. The molecule has 0 amide bonds. The summed E-state index contributed by atoms with van der Waals surface area (Å²) in [5.41, 5.74) is 2.91. The Balaban J connectivity index is 1.76. The maximum absolute atomic E-state index is 10.5. The van der Waals surface area contributed by atoms with Gasteiger partial charge in [0.2, 0.25) is 0 Å². The van der Waals surface area contributed by atoms with E-state index in [2.05, 4.69) is 18.2 Å². The topological polar surface area (TPSA) is 38.7 Å². The molecule has 0 aromatic heterocycles. The van der Waals surface area contributed by atoms with E-state index in [0.717, 1.165) is 38.2 Å². The fraction of sp³-hybridized carbons (Fsp3) is 0.0714. The Labute approximate surface area is 181 Å². The molecule has 0 saturated carbocycles. The Morgan fingerprint density at radius 1 is 0.710 bits per heavy atom. The minimum atomic E-state index is 0.218. The quantitative estimate of drug-likeness (QED) is 0.343. The zero-order valence-electron chi connectivity index (χ0n) is 17.2. The fourth-order valence-corrected chi connectivity index (χ4v) is 4.12. The van der Waals surface area contributed by atoms with E-state index < -0.39 is 0 Å². The van der Waals surface area contributed by atoms with Crippen LogP contribution in [0.3, 0.4) is 0 Å². The van der Waals surface area contributed by atoms with E-state index in [1.807, 2.05) is 66.7 Å². The smallest absolute Gasteiger partial charge is 0.169 e. The lowest BCUT2D eigenvalue weighted by Gasteiger charge is -2.19. The van der Waals surface area contributed by atoms with Crippen molar-refractivity contribution in [2.24, 2.45) is 0 Å². The normalized spacial score (nSPS) is 11.0. The standard InChI is InChI=1S/C28H22O3/c1-30-28-26(31-18-19-9-3-2-4-10-19)16-21-12-6-8-14-24(21)27(28)25-17-22(29)15-20-11-5-7-13-23(20)25/h2-17,29H,18H2,1H3. The molecule has 0 atom stereocenters. The highest BCUT2D eigenvalue weighted by molar-refractivity contribution is 6.09. The highest BCUT2D eigenvalue weighted by Crippen LogP contribution is 2.47. The highest BCUT2D eigenvalue weighted by Gasteiger charge is 2.19. The van der Waals surface area contributed by atoms with Crippen LogP contribution in [0.2, 0.25) is 0 Å². The lowest BCUT2D eigenvalue weighted by Crippen LogP contribution is -2.00. The maximum Gasteiger partial charge on any atom is 0.169 e. The van der Waals surface area contributed by atoms with E-state index in [1.54, 1.807) is 19.2 Å². The van der Waals surface area contributed by atoms with Crippen LogP contribution in [0.5, 0.6) is 17.2 Å². The minimum absolute atomic E-state index is 0.218. The van der Waals surface area contributed by atoms with E-state index in [1.165, 1.54) is 0 Å². The molecule has 3 nitrogen and oxygen atoms in total. The van der Waals surface area contributed by atoms with Gasteiger partial charge in [-0.25, -0.2) is 0 Å². The molecule has 3 heteroatoms. The van der Waals surface area contributed by atoms with E-state index in [9.17, 15) is 5.11 Å². The van der Waals surface area contributed by atoms with E-state index in [-0.39, 0.29) is 5.75 Å². The highest BCUT2D eigenvalue weighted by atomic mass is 16.5. The number of phenols is 1. The number of fused-ring (bicyclic) bond motifs is 2. The summed E-state index contributed by atoms with van der Waals surface area (Å²) in [6, 6.07) is 31.9. The van der Waals surface area contributed by atoms with Crippen LogP contribution in [0.1, 0.15) is 5.56 Å². The number of phenolic OH excluding ortho intramolecular Hbond substituents is 1. The van der Waals surface area contributed by atoms with E-state index in [4.69, 9.17) is 9.47 Å². The summed E-state index contributed by atoms with van der Waals surface area (Å²) in [4.78, 5) is 0. The molecule has 0 heterocycles. The summed E-state index contributed by atoms with van der Waals surface area (Å²) in [7, 11) is 1.66. The van der Waals surface area contributed by atoms with Crippen molar-refractivity contribution in [3.8, 4) is 28.4 Å². The van der Waals surface area contributed by atoms with E-state index in [0.29, 0.717) is 18.1 Å². The second-order valence-electron chi connectivity index (χ2n) is 7.49. The summed E-state index contributed by atoms with van der Waals surface area (Å²) in [6.45, 7) is 0.440. The number of rotatable bonds is 5. The van der Waals surface area contributed by atoms with Crippen molar-refractivity contribution < 1.29 is 14.6 Å². The zero-order valence-corrected chi connectivity index (χ0v) is 17.2. The van der Waals surface area contributed by atoms with Crippen molar-refractivity contribution in [3.05, 3.63) is 103 Å². The molecular formula is C28H22O3. The van der Waals surface area contributed by atoms with Gasteiger partial charge in [0.25, 0.3) is 0 Å². The molecule has 5 rings (SSSR count). The van der Waals surface area contributed by atoms with Gasteiger partial charge in [0.15, 0.2) is 11.5 Å². The molecule has 0 aliphatic heterocycles. The molecular weight excluding hydrogens is 384 g/mol. The first-order valence-corrected chi connectivity index (χ1v) is 10.2. The predicted molar refractivity (Wildman–Crippen MR) is 126 cm³/mol. The Kier molecular flexibility index (Phi) is 4.93. The molecule has 5 aromatic carbocycles. The Bertz CT molecular complexity index is 1370. The largest absolute Gasteiger partial charge is 0.508 e. The Hall–Kier alpha value is -3.98. The summed E-state index contributed by atoms with van der Waals surface area (Å²) in [5, 5.41) is 14.6. The molecule has 0 aliphatic rings. The summed E-state index contributed by atoms with van der Waals surface area (Å²) in [6.07, 6.45) is 0. The van der Waals surface area contributed by atoms with Gasteiger partial charge in [-0.1, -0.05) is 78.9 Å². The van der Waals surface area contributed by atoms with Crippen LogP contribution >= 0.6 is 0 Å². The van der Waals surface area contributed by atoms with Crippen molar-refractivity contribution in [1.82, 2.24) is 0 Å². The van der Waals surface area contributed by atoms with Crippen LogP contribution in [0.4, 0.5) is 0 Å². The van der Waals surface area contributed by atoms with Crippen LogP contribution in [0, 0.1) is 0 Å². The van der Waals surface area contributed by atoms with Gasteiger partial charge >= 0.3 is 0 Å². The van der Waals surface area contributed by atoms with Crippen molar-refractivity contribution in [3.63, 3.8) is 0 Å². The molecule has 152 valence electrons. The lowest BCUT2D eigenvalue weighted by atomic mass is 9.92. The molecule has 0 spiro atoms. The monoisotopic (exact) mass is 406 g/mol. The van der Waals surface area contributed by atoms with Crippen molar-refractivity contribution in [1.29, 1.82) is 0 Å². The molecule has 0 aliphatic carbocycles. The molecule has 0 bridgehead atoms. The van der Waals surface area contributed by atoms with Gasteiger partial charge in [-0.15, -0.1) is 0 Å². The van der Waals surface area contributed by atoms with Gasteiger partial charge in [0.1, 0.15) is 12.4 Å². The molecule has 0 unspecified atom stereocenters. The first-order chi connectivity index (χ1) is 15.2. The fourth-order valence-electron chi connectivity index (χ4n) is 4.12. The number of hydrogen-bond donors (Lipinski definition) is 1. The first kappa shape index (κ1) is 19.0. The second-order valence-corrected chi connectivity index (χ2v) is 7.49. The third kappa shape index (κ3) is 3.55. The SMILES string of the molecule is COc1c(OCc2ccccc2)cc2ccccc2c1-c1cc(O)cc2ccccc12. The number of ether oxygens (including phenoxy) is 2. The van der Waals surface area contributed by atoms with Gasteiger partial charge in [-0.3, -0.25) is 0 Å². The third-order valence-electron chi connectivity index (χ3n) is 5.52. The van der Waals surface area contributed by atoms with E-state index >= 15 is 0 Å². The van der Waals surface area contributed by atoms with Crippen LogP contribution < -0.4 is 9.47 Å². The summed E-state index contributed by atoms with van der Waals surface area (Å²) in [5.74, 6) is 1.55. The number of aromatic hydroxyl groups is 1. The average molecular weight is 406 g/mol. The minimum Gasteiger partial charge on any atom is -0.508 e. The predicted octanol–water partition coefficient (Wildman–Crippen LogP) is 6.95. The van der Waals surface area contributed by atoms with Gasteiger partial charge < -0.3 is 14.6 Å². The van der Waals surface area contributed by atoms with Gasteiger partial charge in [-0.05, 0) is 50.9 Å². The molecule has 0 fully saturated rings. The lowest BCUT2D eigenvalue weighted by molar-refractivity contribution is 0.285. The van der Waals surface area contributed by atoms with Crippen LogP contribution in [-0.2, 0) is 6.61 Å². The van der Waals surface area contributed by atoms with Gasteiger partial charge in [0, 0.05) is 5.56 Å². The summed E-state index contributed by atoms with van der Waals surface area (Å²) < 4.78 is 12.1. The first-order valence-electron chi connectivity index (χ1n) is 10.2. The Morgan fingerprint density at radius 2 is 1.35 bits per heavy atom. The average Bonchev–Trinajstić information content (AvgIpc) is 2.81. The summed E-state index contributed by atoms with van der Waals surface area (Å²) >= 11 is 0. The maximum atomic E-state index is 10.5. The number of benzene rings is 5. The van der Waals surface area contributed by atoms with Crippen molar-refractivity contribution >= 4 is 21.5 Å². The van der Waals surface area contributed by atoms with Crippen molar-refractivity contribution in [2.75, 3.05) is 7.11 Å². The van der Waals surface area contributed by atoms with Crippen LogP contribution in [-0.4, -0.2) is 12.2 Å². The molecule has 1 N–H and O–H groups in total. The molecule has 5 aromatic rings. The zero-order chi connectivity index (χ0) is 21.2. The second kappa shape index (κ2) is 8.04. The number of methoxy groups -OCH3 is 1. The van der Waals surface area contributed by atoms with Crippen LogP contribution in [0.25, 0.3) is 32.7 Å². The molecule has 0 saturated heterocycles. The van der Waals surface area contributed by atoms with Gasteiger partial charge in [-0.2, -0.15) is 0 Å². The van der Waals surface area contributed by atoms with Gasteiger partial charge in [0.05, 0.1) is 7.11 Å². The van der Waals surface area contributed by atoms with Crippen molar-refractivity contribution in [2.45, 2.75) is 6.61 Å². The number of hydrogen-bond acceptors (Lipinski definition) is 3.